The molecule has 0 saturated carbocycles. The zero-order chi connectivity index (χ0) is 30.2. The first kappa shape index (κ1) is 31.0. The fourth-order valence-electron chi connectivity index (χ4n) is 5.28. The number of hydrogen-bond acceptors (Lipinski definition) is 5. The lowest BCUT2D eigenvalue weighted by molar-refractivity contribution is -0.143. The van der Waals surface area contributed by atoms with E-state index < -0.39 is 18.2 Å². The topological polar surface area (TPSA) is 101 Å². The number of rotatable bonds is 12. The summed E-state index contributed by atoms with van der Waals surface area (Å²) in [5, 5.41) is 24.8. The quantitative estimate of drug-likeness (QED) is 0.156. The molecule has 3 aromatic carbocycles. The number of benzene rings is 3. The first-order valence-corrected chi connectivity index (χ1v) is 14.4. The normalized spacial score (nSPS) is 12.6. The van der Waals surface area contributed by atoms with Gasteiger partial charge in [0.25, 0.3) is 5.91 Å². The molecule has 42 heavy (non-hydrogen) atoms. The van der Waals surface area contributed by atoms with E-state index in [1.807, 2.05) is 98.8 Å². The highest BCUT2D eigenvalue weighted by Gasteiger charge is 2.31. The molecule has 0 saturated heterocycles. The Hall–Kier alpha value is -3.91. The molecule has 8 heteroatoms. The average molecular weight is 589 g/mol. The van der Waals surface area contributed by atoms with Gasteiger partial charge in [0.2, 0.25) is 0 Å². The number of esters is 1. The van der Waals surface area contributed by atoms with E-state index in [0.717, 1.165) is 28.1 Å². The number of methoxy groups -OCH3 is 1. The van der Waals surface area contributed by atoms with Gasteiger partial charge in [-0.3, -0.25) is 9.59 Å². The number of aromatic nitrogens is 1. The number of para-hydroxylation sites is 1. The van der Waals surface area contributed by atoms with Crippen LogP contribution in [0.25, 0.3) is 22.4 Å². The Labute approximate surface area is 251 Å². The number of carbonyl (C=O) groups excluding carboxylic acids is 2. The van der Waals surface area contributed by atoms with Crippen molar-refractivity contribution in [1.82, 2.24) is 4.57 Å². The van der Waals surface area contributed by atoms with Crippen molar-refractivity contribution in [2.45, 2.75) is 57.8 Å². The predicted molar refractivity (Wildman–Crippen MR) is 167 cm³/mol. The third-order valence-electron chi connectivity index (χ3n) is 7.15. The van der Waals surface area contributed by atoms with E-state index in [-0.39, 0.29) is 24.7 Å². The highest BCUT2D eigenvalue weighted by atomic mass is 35.5. The molecule has 220 valence electrons. The van der Waals surface area contributed by atoms with E-state index in [0.29, 0.717) is 29.2 Å². The molecule has 1 amide bonds. The van der Waals surface area contributed by atoms with E-state index in [9.17, 15) is 19.8 Å². The molecule has 0 aliphatic carbocycles. The lowest BCUT2D eigenvalue weighted by atomic mass is 9.94. The first-order chi connectivity index (χ1) is 20.2. The molecule has 0 aliphatic heterocycles. The fraction of sp³-hybridized carbons (Fsp3) is 0.294. The summed E-state index contributed by atoms with van der Waals surface area (Å²) in [6.07, 6.45) is -1.78. The number of ether oxygens (including phenoxy) is 1. The molecule has 3 N–H and O–H groups in total. The van der Waals surface area contributed by atoms with E-state index in [1.54, 1.807) is 0 Å². The van der Waals surface area contributed by atoms with E-state index in [4.69, 9.17) is 11.6 Å². The smallest absolute Gasteiger partial charge is 0.308 e. The first-order valence-electron chi connectivity index (χ1n) is 14.1. The van der Waals surface area contributed by atoms with Crippen molar-refractivity contribution in [3.05, 3.63) is 101 Å². The van der Waals surface area contributed by atoms with E-state index >= 15 is 0 Å². The van der Waals surface area contributed by atoms with Crippen molar-refractivity contribution in [2.75, 3.05) is 12.4 Å². The lowest BCUT2D eigenvalue weighted by Gasteiger charge is -2.20. The number of aliphatic hydroxyl groups is 2. The van der Waals surface area contributed by atoms with Crippen LogP contribution in [0, 0.1) is 0 Å². The van der Waals surface area contributed by atoms with Gasteiger partial charge >= 0.3 is 5.97 Å². The lowest BCUT2D eigenvalue weighted by Crippen LogP contribution is -2.23. The van der Waals surface area contributed by atoms with Crippen LogP contribution in [0.3, 0.4) is 0 Å². The van der Waals surface area contributed by atoms with Crippen molar-refractivity contribution >= 4 is 29.2 Å². The van der Waals surface area contributed by atoms with Crippen LogP contribution in [0.4, 0.5) is 5.69 Å². The van der Waals surface area contributed by atoms with Crippen molar-refractivity contribution < 1.29 is 24.5 Å². The van der Waals surface area contributed by atoms with Crippen LogP contribution in [0.15, 0.2) is 84.9 Å². The Bertz CT molecular complexity index is 1480. The molecule has 0 bridgehead atoms. The molecule has 2 atom stereocenters. The van der Waals surface area contributed by atoms with Crippen molar-refractivity contribution in [2.24, 2.45) is 0 Å². The van der Waals surface area contributed by atoms with Gasteiger partial charge in [0.05, 0.1) is 37.0 Å². The predicted octanol–water partition coefficient (Wildman–Crippen LogP) is 6.92. The Balaban J connectivity index is 1.86. The summed E-state index contributed by atoms with van der Waals surface area (Å²) in [4.78, 5) is 25.7. The van der Waals surface area contributed by atoms with Gasteiger partial charge in [-0.05, 0) is 54.2 Å². The van der Waals surface area contributed by atoms with Gasteiger partial charge in [-0.2, -0.15) is 0 Å². The molecule has 0 unspecified atom stereocenters. The number of halogens is 1. The maximum Gasteiger partial charge on any atom is 0.308 e. The van der Waals surface area contributed by atoms with Crippen molar-refractivity contribution in [1.29, 1.82) is 0 Å². The monoisotopic (exact) mass is 588 g/mol. The van der Waals surface area contributed by atoms with Gasteiger partial charge in [-0.25, -0.2) is 0 Å². The second-order valence-electron chi connectivity index (χ2n) is 10.6. The second-order valence-corrected chi connectivity index (χ2v) is 11.0. The van der Waals surface area contributed by atoms with Crippen LogP contribution in [0.2, 0.25) is 5.02 Å². The Morgan fingerprint density at radius 2 is 1.50 bits per heavy atom. The fourth-order valence-corrected chi connectivity index (χ4v) is 5.40. The van der Waals surface area contributed by atoms with Crippen LogP contribution in [-0.2, 0) is 16.1 Å². The van der Waals surface area contributed by atoms with Crippen LogP contribution in [-0.4, -0.2) is 46.0 Å². The highest BCUT2D eigenvalue weighted by Crippen LogP contribution is 2.43. The standard InChI is InChI=1S/C34H37ClN2O5/c1-22(2)32-31(34(41)36-26-12-8-5-9-13-26)30(23-10-6-4-7-11-23)33(24-14-16-25(35)17-15-24)37(32)19-18-27(38)20-28(39)21-29(40)42-3/h4-17,22,27-28,38-39H,18-21H2,1-3H3,(H,36,41)/t27-,28-/m1/s1. The molecule has 0 fully saturated rings. The molecule has 0 radical (unpaired) electrons. The van der Waals surface area contributed by atoms with Gasteiger partial charge in [-0.1, -0.05) is 86.1 Å². The molecule has 1 heterocycles. The van der Waals surface area contributed by atoms with Gasteiger partial charge in [0.15, 0.2) is 0 Å². The number of hydrogen-bond donors (Lipinski definition) is 3. The number of amides is 1. The van der Waals surface area contributed by atoms with Crippen LogP contribution in [0.1, 0.15) is 55.1 Å². The molecular weight excluding hydrogens is 552 g/mol. The number of anilines is 1. The summed E-state index contributed by atoms with van der Waals surface area (Å²) >= 11 is 6.26. The van der Waals surface area contributed by atoms with Crippen LogP contribution >= 0.6 is 11.6 Å². The summed E-state index contributed by atoms with van der Waals surface area (Å²) in [6.45, 7) is 4.46. The van der Waals surface area contributed by atoms with Gasteiger partial charge in [-0.15, -0.1) is 0 Å². The molecule has 7 nitrogen and oxygen atoms in total. The summed E-state index contributed by atoms with van der Waals surface area (Å²) in [7, 11) is 1.26. The third kappa shape index (κ3) is 7.48. The molecule has 0 spiro atoms. The summed E-state index contributed by atoms with van der Waals surface area (Å²) < 4.78 is 6.74. The number of nitrogens with one attached hydrogen (secondary N) is 1. The summed E-state index contributed by atoms with van der Waals surface area (Å²) in [5.74, 6) is -0.812. The number of carbonyl (C=O) groups is 2. The largest absolute Gasteiger partial charge is 0.469 e. The van der Waals surface area contributed by atoms with Crippen LogP contribution in [0.5, 0.6) is 0 Å². The van der Waals surface area contributed by atoms with Gasteiger partial charge in [0.1, 0.15) is 0 Å². The Kier molecular flexibility index (Phi) is 10.6. The minimum atomic E-state index is -1.02. The number of aliphatic hydroxyl groups excluding tert-OH is 2. The SMILES string of the molecule is COC(=O)C[C@H](O)C[C@H](O)CCn1c(-c2ccc(Cl)cc2)c(-c2ccccc2)c(C(=O)Nc2ccccc2)c1C(C)C. The highest BCUT2D eigenvalue weighted by molar-refractivity contribution is 6.30. The summed E-state index contributed by atoms with van der Waals surface area (Å²) in [5.41, 5.74) is 5.46. The molecule has 0 aliphatic rings. The average Bonchev–Trinajstić information content (AvgIpc) is 3.33. The van der Waals surface area contributed by atoms with Crippen LogP contribution < -0.4 is 5.32 Å². The summed E-state index contributed by atoms with van der Waals surface area (Å²) in [6, 6.07) is 26.6. The second kappa shape index (κ2) is 14.3. The van der Waals surface area contributed by atoms with Gasteiger partial charge in [0, 0.05) is 28.5 Å². The molecule has 4 aromatic rings. The maximum atomic E-state index is 14.1. The minimum Gasteiger partial charge on any atom is -0.469 e. The zero-order valence-corrected chi connectivity index (χ0v) is 24.8. The van der Waals surface area contributed by atoms with Crippen molar-refractivity contribution in [3.8, 4) is 22.4 Å². The zero-order valence-electron chi connectivity index (χ0n) is 24.1. The third-order valence-corrected chi connectivity index (χ3v) is 7.40. The van der Waals surface area contributed by atoms with Gasteiger partial charge < -0.3 is 24.8 Å². The number of nitrogens with zero attached hydrogens (tertiary/aromatic N) is 1. The Morgan fingerprint density at radius 3 is 2.10 bits per heavy atom. The molecular formula is C34H37ClN2O5. The Morgan fingerprint density at radius 1 is 0.881 bits per heavy atom. The van der Waals surface area contributed by atoms with E-state index in [2.05, 4.69) is 14.6 Å². The van der Waals surface area contributed by atoms with Crippen molar-refractivity contribution in [3.63, 3.8) is 0 Å². The molecule has 1 aromatic heterocycles. The minimum absolute atomic E-state index is 0.0244. The maximum absolute atomic E-state index is 14.1. The van der Waals surface area contributed by atoms with E-state index in [1.165, 1.54) is 7.11 Å². The molecule has 4 rings (SSSR count).